The molecule has 1 saturated heterocycles. The molecular weight excluding hydrogens is 394 g/mol. The molecule has 1 atom stereocenters. The van der Waals surface area contributed by atoms with E-state index in [1.54, 1.807) is 18.2 Å². The molecule has 10 nitrogen and oxygen atoms in total. The number of anilines is 1. The van der Waals surface area contributed by atoms with Gasteiger partial charge in [-0.25, -0.2) is 0 Å². The van der Waals surface area contributed by atoms with Gasteiger partial charge in [0.2, 0.25) is 23.9 Å². The quantitative estimate of drug-likeness (QED) is 0.680. The van der Waals surface area contributed by atoms with E-state index in [2.05, 4.69) is 5.32 Å². The number of nitrogens with one attached hydrogen (secondary N) is 1. The molecule has 30 heavy (non-hydrogen) atoms. The fourth-order valence-electron chi connectivity index (χ4n) is 3.48. The Balaban J connectivity index is 1.32. The van der Waals surface area contributed by atoms with Gasteiger partial charge in [-0.15, -0.1) is 0 Å². The summed E-state index contributed by atoms with van der Waals surface area (Å²) in [5.41, 5.74) is 5.51. The van der Waals surface area contributed by atoms with Crippen LogP contribution < -0.4 is 30.7 Å². The molecule has 2 aliphatic heterocycles. The number of hydrogen-bond donors (Lipinski definition) is 2. The van der Waals surface area contributed by atoms with E-state index in [0.717, 1.165) is 6.42 Å². The smallest absolute Gasteiger partial charge is 0.262 e. The molecule has 0 bridgehead atoms. The lowest BCUT2D eigenvalue weighted by Gasteiger charge is -2.20. The highest BCUT2D eigenvalue weighted by molar-refractivity contribution is 5.92. The standard InChI is InChI=1S/C20H21N3O7/c21-20(26)14-2-1-5-23(14)8-13-7-15(24)18(9-27-13)28-10-19(25)22-12-3-4-16-17(6-12)30-11-29-16/h3-4,6-7,9,14H,1-2,5,8,10-11H2,(H2,21,26)(H,22,25)/t14-/m1/s1. The number of nitrogens with zero attached hydrogens (tertiary/aromatic N) is 1. The third kappa shape index (κ3) is 4.38. The van der Waals surface area contributed by atoms with Gasteiger partial charge in [-0.3, -0.25) is 19.3 Å². The minimum atomic E-state index is -0.446. The maximum Gasteiger partial charge on any atom is 0.262 e. The lowest BCUT2D eigenvalue weighted by molar-refractivity contribution is -0.122. The number of likely N-dealkylation sites (tertiary alicyclic amines) is 1. The molecular formula is C20H21N3O7. The van der Waals surface area contributed by atoms with E-state index in [1.807, 2.05) is 4.90 Å². The van der Waals surface area contributed by atoms with Crippen molar-refractivity contribution < 1.29 is 28.2 Å². The molecule has 4 rings (SSSR count). The Morgan fingerprint density at radius 2 is 2.07 bits per heavy atom. The minimum absolute atomic E-state index is 0.0764. The molecule has 2 aromatic rings. The fraction of sp³-hybridized carbons (Fsp3) is 0.350. The first kappa shape index (κ1) is 19.8. The van der Waals surface area contributed by atoms with Crippen LogP contribution in [0.4, 0.5) is 5.69 Å². The average molecular weight is 415 g/mol. The molecule has 0 radical (unpaired) electrons. The zero-order chi connectivity index (χ0) is 21.1. The monoisotopic (exact) mass is 415 g/mol. The van der Waals surface area contributed by atoms with Crippen molar-refractivity contribution in [2.45, 2.75) is 25.4 Å². The van der Waals surface area contributed by atoms with Crippen molar-refractivity contribution in [3.63, 3.8) is 0 Å². The van der Waals surface area contributed by atoms with Gasteiger partial charge in [0.25, 0.3) is 5.91 Å². The van der Waals surface area contributed by atoms with Gasteiger partial charge >= 0.3 is 0 Å². The number of primary amides is 1. The molecule has 1 fully saturated rings. The van der Waals surface area contributed by atoms with Gasteiger partial charge in [0.1, 0.15) is 12.0 Å². The Kier molecular flexibility index (Phi) is 5.57. The SMILES string of the molecule is NC(=O)[C@H]1CCCN1Cc1cc(=O)c(OCC(=O)Nc2ccc3c(c2)OCO3)co1. The largest absolute Gasteiger partial charge is 0.477 e. The fourth-order valence-corrected chi connectivity index (χ4v) is 3.48. The van der Waals surface area contributed by atoms with Crippen molar-refractivity contribution >= 4 is 17.5 Å². The van der Waals surface area contributed by atoms with Crippen molar-refractivity contribution in [1.82, 2.24) is 4.90 Å². The third-order valence-electron chi connectivity index (χ3n) is 4.92. The Morgan fingerprint density at radius 3 is 2.87 bits per heavy atom. The number of amides is 2. The number of carbonyl (C=O) groups excluding carboxylic acids is 2. The molecule has 3 heterocycles. The van der Waals surface area contributed by atoms with Gasteiger partial charge in [0.05, 0.1) is 12.6 Å². The Bertz CT molecular complexity index is 1020. The number of benzene rings is 1. The summed E-state index contributed by atoms with van der Waals surface area (Å²) in [6, 6.07) is 5.94. The topological polar surface area (TPSA) is 133 Å². The highest BCUT2D eigenvalue weighted by Gasteiger charge is 2.29. The summed E-state index contributed by atoms with van der Waals surface area (Å²) in [4.78, 5) is 37.7. The van der Waals surface area contributed by atoms with Crippen LogP contribution in [-0.4, -0.2) is 42.7 Å². The molecule has 1 aromatic heterocycles. The van der Waals surface area contributed by atoms with Crippen molar-refractivity contribution in [1.29, 1.82) is 0 Å². The molecule has 2 amide bonds. The molecule has 3 N–H and O–H groups in total. The molecule has 2 aliphatic rings. The molecule has 0 saturated carbocycles. The van der Waals surface area contributed by atoms with E-state index >= 15 is 0 Å². The van der Waals surface area contributed by atoms with Crippen LogP contribution in [0.2, 0.25) is 0 Å². The number of rotatable bonds is 7. The van der Waals surface area contributed by atoms with Gasteiger partial charge in [0, 0.05) is 17.8 Å². The summed E-state index contributed by atoms with van der Waals surface area (Å²) in [6.45, 7) is 0.778. The summed E-state index contributed by atoms with van der Waals surface area (Å²) in [5, 5.41) is 2.65. The van der Waals surface area contributed by atoms with Crippen molar-refractivity contribution in [3.05, 3.63) is 46.5 Å². The van der Waals surface area contributed by atoms with Gasteiger partial charge in [0.15, 0.2) is 18.1 Å². The second-order valence-corrected chi connectivity index (χ2v) is 7.01. The van der Waals surface area contributed by atoms with Gasteiger partial charge < -0.3 is 29.7 Å². The third-order valence-corrected chi connectivity index (χ3v) is 4.92. The highest BCUT2D eigenvalue weighted by Crippen LogP contribution is 2.34. The Hall–Kier alpha value is -3.53. The van der Waals surface area contributed by atoms with Crippen LogP contribution in [-0.2, 0) is 16.1 Å². The Morgan fingerprint density at radius 1 is 1.23 bits per heavy atom. The molecule has 0 aliphatic carbocycles. The van der Waals surface area contributed by atoms with E-state index in [-0.39, 0.29) is 31.1 Å². The van der Waals surface area contributed by atoms with Gasteiger partial charge in [-0.2, -0.15) is 0 Å². The van der Waals surface area contributed by atoms with Crippen LogP contribution in [0, 0.1) is 0 Å². The van der Waals surface area contributed by atoms with Crippen LogP contribution in [0.15, 0.2) is 39.7 Å². The van der Waals surface area contributed by atoms with Crippen LogP contribution in [0.5, 0.6) is 17.2 Å². The summed E-state index contributed by atoms with van der Waals surface area (Å²) in [7, 11) is 0. The maximum absolute atomic E-state index is 12.3. The van der Waals surface area contributed by atoms with Crippen LogP contribution in [0.1, 0.15) is 18.6 Å². The maximum atomic E-state index is 12.3. The number of ether oxygens (including phenoxy) is 3. The number of fused-ring (bicyclic) bond motifs is 1. The average Bonchev–Trinajstić information content (AvgIpc) is 3.36. The van der Waals surface area contributed by atoms with E-state index < -0.39 is 11.3 Å². The zero-order valence-electron chi connectivity index (χ0n) is 16.1. The number of hydrogen-bond acceptors (Lipinski definition) is 8. The summed E-state index contributed by atoms with van der Waals surface area (Å²) < 4.78 is 21.2. The second-order valence-electron chi connectivity index (χ2n) is 7.01. The van der Waals surface area contributed by atoms with Gasteiger partial charge in [-0.1, -0.05) is 0 Å². The summed E-state index contributed by atoms with van der Waals surface area (Å²) >= 11 is 0. The number of carbonyl (C=O) groups is 2. The summed E-state index contributed by atoms with van der Waals surface area (Å²) in [6.07, 6.45) is 2.72. The first-order chi connectivity index (χ1) is 14.5. The lowest BCUT2D eigenvalue weighted by Crippen LogP contribution is -2.39. The van der Waals surface area contributed by atoms with Crippen molar-refractivity contribution in [2.24, 2.45) is 5.73 Å². The second kappa shape index (κ2) is 8.46. The van der Waals surface area contributed by atoms with Crippen LogP contribution in [0.3, 0.4) is 0 Å². The Labute approximate surface area is 171 Å². The normalized spacial score (nSPS) is 17.7. The molecule has 1 aromatic carbocycles. The predicted molar refractivity (Wildman–Crippen MR) is 104 cm³/mol. The molecule has 0 unspecified atom stereocenters. The van der Waals surface area contributed by atoms with E-state index in [4.69, 9.17) is 24.4 Å². The minimum Gasteiger partial charge on any atom is -0.477 e. The summed E-state index contributed by atoms with van der Waals surface area (Å²) in [5.74, 6) is 0.638. The lowest BCUT2D eigenvalue weighted by atomic mass is 10.2. The van der Waals surface area contributed by atoms with E-state index in [1.165, 1.54) is 12.3 Å². The van der Waals surface area contributed by atoms with Crippen molar-refractivity contribution in [3.8, 4) is 17.2 Å². The van der Waals surface area contributed by atoms with E-state index in [9.17, 15) is 14.4 Å². The van der Waals surface area contributed by atoms with Crippen LogP contribution in [0.25, 0.3) is 0 Å². The first-order valence-electron chi connectivity index (χ1n) is 9.47. The first-order valence-corrected chi connectivity index (χ1v) is 9.47. The van der Waals surface area contributed by atoms with Crippen LogP contribution >= 0.6 is 0 Å². The predicted octanol–water partition coefficient (Wildman–Crippen LogP) is 0.836. The number of nitrogens with two attached hydrogens (primary N) is 1. The highest BCUT2D eigenvalue weighted by atomic mass is 16.7. The van der Waals surface area contributed by atoms with E-state index in [0.29, 0.717) is 42.5 Å². The zero-order valence-corrected chi connectivity index (χ0v) is 16.1. The molecule has 158 valence electrons. The van der Waals surface area contributed by atoms with Crippen molar-refractivity contribution in [2.75, 3.05) is 25.3 Å². The molecule has 0 spiro atoms. The molecule has 10 heteroatoms. The van der Waals surface area contributed by atoms with Gasteiger partial charge in [-0.05, 0) is 31.5 Å².